The van der Waals surface area contributed by atoms with Crippen molar-refractivity contribution < 1.29 is 19.0 Å². The van der Waals surface area contributed by atoms with E-state index in [1.165, 1.54) is 31.1 Å². The lowest BCUT2D eigenvalue weighted by molar-refractivity contribution is 0.120. The van der Waals surface area contributed by atoms with Crippen molar-refractivity contribution in [2.45, 2.75) is 43.6 Å². The number of rotatable bonds is 7. The zero-order valence-corrected chi connectivity index (χ0v) is 16.2. The molecule has 0 aromatic heterocycles. The number of carbonyl (C=O) groups is 1. The van der Waals surface area contributed by atoms with E-state index in [4.69, 9.17) is 9.47 Å². The first-order valence-corrected chi connectivity index (χ1v) is 10.1. The van der Waals surface area contributed by atoms with Gasteiger partial charge < -0.3 is 14.2 Å². The van der Waals surface area contributed by atoms with Crippen molar-refractivity contribution in [2.24, 2.45) is 0 Å². The van der Waals surface area contributed by atoms with Crippen LogP contribution in [0, 0.1) is 0 Å². The molecule has 0 saturated heterocycles. The van der Waals surface area contributed by atoms with Crippen LogP contribution >= 0.6 is 11.8 Å². The lowest BCUT2D eigenvalue weighted by Crippen LogP contribution is -2.10. The van der Waals surface area contributed by atoms with Crippen LogP contribution in [0.4, 0.5) is 4.79 Å². The zero-order valence-electron chi connectivity index (χ0n) is 15.4. The van der Waals surface area contributed by atoms with Gasteiger partial charge in [0, 0.05) is 10.5 Å². The van der Waals surface area contributed by atoms with Crippen LogP contribution in [-0.2, 0) is 17.8 Å². The van der Waals surface area contributed by atoms with E-state index in [1.54, 1.807) is 17.8 Å². The smallest absolute Gasteiger partial charge is 0.488 e. The number of hydrogen-bond acceptors (Lipinski definition) is 5. The molecule has 0 amide bonds. The van der Waals surface area contributed by atoms with Gasteiger partial charge in [0.2, 0.25) is 0 Å². The standard InChI is InChI=1S/C21H24O4S/c1-4-14-8-11-18(16(12-14)15-9-10-15)24-13-17-19(25-21(22)23-2)6-5-7-20(17)26-3/h5-8,11-12,15H,4,9-10,13H2,1-3H3. The van der Waals surface area contributed by atoms with Crippen molar-refractivity contribution in [3.8, 4) is 11.5 Å². The molecular weight excluding hydrogens is 348 g/mol. The molecule has 0 N–H and O–H groups in total. The van der Waals surface area contributed by atoms with Crippen LogP contribution in [0.15, 0.2) is 41.3 Å². The van der Waals surface area contributed by atoms with Crippen molar-refractivity contribution in [1.29, 1.82) is 0 Å². The predicted molar refractivity (Wildman–Crippen MR) is 103 cm³/mol. The quantitative estimate of drug-likeness (QED) is 0.361. The molecule has 0 spiro atoms. The Hall–Kier alpha value is -2.14. The van der Waals surface area contributed by atoms with Gasteiger partial charge in [-0.25, -0.2) is 4.79 Å². The summed E-state index contributed by atoms with van der Waals surface area (Å²) in [7, 11) is 1.30. The summed E-state index contributed by atoms with van der Waals surface area (Å²) in [4.78, 5) is 12.6. The Morgan fingerprint density at radius 1 is 1.19 bits per heavy atom. The highest BCUT2D eigenvalue weighted by molar-refractivity contribution is 7.98. The first kappa shape index (κ1) is 18.6. The van der Waals surface area contributed by atoms with Gasteiger partial charge in [0.15, 0.2) is 0 Å². The van der Waals surface area contributed by atoms with Crippen LogP contribution in [0.5, 0.6) is 11.5 Å². The largest absolute Gasteiger partial charge is 0.513 e. The second-order valence-electron chi connectivity index (χ2n) is 6.28. The number of methoxy groups -OCH3 is 1. The molecule has 0 atom stereocenters. The third kappa shape index (κ3) is 4.33. The normalized spacial score (nSPS) is 13.3. The minimum absolute atomic E-state index is 0.342. The minimum Gasteiger partial charge on any atom is -0.488 e. The maximum Gasteiger partial charge on any atom is 0.513 e. The molecule has 138 valence electrons. The van der Waals surface area contributed by atoms with Crippen molar-refractivity contribution in [3.63, 3.8) is 0 Å². The number of benzene rings is 2. The maximum atomic E-state index is 11.5. The summed E-state index contributed by atoms with van der Waals surface area (Å²) < 4.78 is 16.1. The summed E-state index contributed by atoms with van der Waals surface area (Å²) >= 11 is 1.60. The van der Waals surface area contributed by atoms with E-state index < -0.39 is 6.16 Å². The highest BCUT2D eigenvalue weighted by Gasteiger charge is 2.27. The lowest BCUT2D eigenvalue weighted by atomic mass is 10.0. The lowest BCUT2D eigenvalue weighted by Gasteiger charge is -2.16. The fourth-order valence-electron chi connectivity index (χ4n) is 2.92. The summed E-state index contributed by atoms with van der Waals surface area (Å²) in [5.74, 6) is 2.00. The molecule has 1 aliphatic carbocycles. The summed E-state index contributed by atoms with van der Waals surface area (Å²) in [5.41, 5.74) is 3.48. The Bertz CT molecular complexity index is 784. The van der Waals surface area contributed by atoms with E-state index in [-0.39, 0.29) is 0 Å². The Balaban J connectivity index is 1.84. The van der Waals surface area contributed by atoms with Gasteiger partial charge in [0.05, 0.1) is 7.11 Å². The summed E-state index contributed by atoms with van der Waals surface area (Å²) in [6.45, 7) is 2.51. The predicted octanol–water partition coefficient (Wildman–Crippen LogP) is 5.57. The molecule has 0 heterocycles. The number of ether oxygens (including phenoxy) is 3. The molecule has 1 fully saturated rings. The van der Waals surface area contributed by atoms with Crippen LogP contribution in [0.3, 0.4) is 0 Å². The Kier molecular flexibility index (Phi) is 6.09. The van der Waals surface area contributed by atoms with Crippen LogP contribution < -0.4 is 9.47 Å². The van der Waals surface area contributed by atoms with Gasteiger partial charge in [0.1, 0.15) is 18.1 Å². The second-order valence-corrected chi connectivity index (χ2v) is 7.13. The fraction of sp³-hybridized carbons (Fsp3) is 0.381. The summed E-state index contributed by atoms with van der Waals surface area (Å²) in [6, 6.07) is 12.1. The number of hydrogen-bond donors (Lipinski definition) is 0. The average molecular weight is 372 g/mol. The first-order valence-electron chi connectivity index (χ1n) is 8.83. The third-order valence-electron chi connectivity index (χ3n) is 4.54. The average Bonchev–Trinajstić information content (AvgIpc) is 3.51. The van der Waals surface area contributed by atoms with E-state index in [1.807, 2.05) is 18.4 Å². The topological polar surface area (TPSA) is 44.8 Å². The summed E-state index contributed by atoms with van der Waals surface area (Å²) in [6.07, 6.45) is 4.73. The fourth-order valence-corrected chi connectivity index (χ4v) is 3.54. The van der Waals surface area contributed by atoms with E-state index in [2.05, 4.69) is 29.9 Å². The second kappa shape index (κ2) is 8.49. The van der Waals surface area contributed by atoms with E-state index >= 15 is 0 Å². The van der Waals surface area contributed by atoms with Gasteiger partial charge >= 0.3 is 6.16 Å². The number of thioether (sulfide) groups is 1. The first-order chi connectivity index (χ1) is 12.7. The molecule has 2 aromatic carbocycles. The van der Waals surface area contributed by atoms with Crippen LogP contribution in [-0.4, -0.2) is 19.5 Å². The Labute approximate surface area is 158 Å². The number of aryl methyl sites for hydroxylation is 1. The van der Waals surface area contributed by atoms with Crippen molar-refractivity contribution >= 4 is 17.9 Å². The Morgan fingerprint density at radius 2 is 2.00 bits per heavy atom. The maximum absolute atomic E-state index is 11.5. The molecule has 0 bridgehead atoms. The molecule has 5 heteroatoms. The molecule has 0 radical (unpaired) electrons. The monoisotopic (exact) mass is 372 g/mol. The molecule has 4 nitrogen and oxygen atoms in total. The molecule has 3 rings (SSSR count). The molecule has 0 aliphatic heterocycles. The van der Waals surface area contributed by atoms with E-state index in [0.29, 0.717) is 18.3 Å². The third-order valence-corrected chi connectivity index (χ3v) is 5.36. The van der Waals surface area contributed by atoms with Crippen LogP contribution in [0.1, 0.15) is 42.4 Å². The van der Waals surface area contributed by atoms with Gasteiger partial charge in [-0.1, -0.05) is 25.1 Å². The highest BCUT2D eigenvalue weighted by atomic mass is 32.2. The molecular formula is C21H24O4S. The Morgan fingerprint density at radius 3 is 2.65 bits per heavy atom. The van der Waals surface area contributed by atoms with Crippen molar-refractivity contribution in [2.75, 3.05) is 13.4 Å². The van der Waals surface area contributed by atoms with Crippen LogP contribution in [0.2, 0.25) is 0 Å². The minimum atomic E-state index is -0.726. The zero-order chi connectivity index (χ0) is 18.5. The number of carbonyl (C=O) groups excluding carboxylic acids is 1. The molecule has 2 aromatic rings. The summed E-state index contributed by atoms with van der Waals surface area (Å²) in [5, 5.41) is 0. The van der Waals surface area contributed by atoms with E-state index in [0.717, 1.165) is 22.6 Å². The molecule has 1 saturated carbocycles. The van der Waals surface area contributed by atoms with Crippen molar-refractivity contribution in [1.82, 2.24) is 0 Å². The molecule has 0 unspecified atom stereocenters. The van der Waals surface area contributed by atoms with Gasteiger partial charge in [-0.2, -0.15) is 0 Å². The van der Waals surface area contributed by atoms with Gasteiger partial charge in [0.25, 0.3) is 0 Å². The van der Waals surface area contributed by atoms with Gasteiger partial charge in [-0.15, -0.1) is 11.8 Å². The van der Waals surface area contributed by atoms with Gasteiger partial charge in [-0.3, -0.25) is 0 Å². The van der Waals surface area contributed by atoms with Gasteiger partial charge in [-0.05, 0) is 60.8 Å². The molecule has 1 aliphatic rings. The van der Waals surface area contributed by atoms with Crippen molar-refractivity contribution in [3.05, 3.63) is 53.1 Å². The van der Waals surface area contributed by atoms with Crippen LogP contribution in [0.25, 0.3) is 0 Å². The SMILES string of the molecule is CCc1ccc(OCc2c(OC(=O)OC)cccc2SC)c(C2CC2)c1. The molecule has 26 heavy (non-hydrogen) atoms. The van der Waals surface area contributed by atoms with E-state index in [9.17, 15) is 4.79 Å². The highest BCUT2D eigenvalue weighted by Crippen LogP contribution is 2.45.